The first-order valence-electron chi connectivity index (χ1n) is 5.97. The van der Waals surface area contributed by atoms with E-state index in [9.17, 15) is 9.00 Å². The van der Waals surface area contributed by atoms with Gasteiger partial charge in [-0.15, -0.1) is 0 Å². The molecule has 2 aromatic rings. The maximum Gasteiger partial charge on any atom is 0.335 e. The maximum atomic E-state index is 12.1. The molecule has 0 aliphatic heterocycles. The first kappa shape index (κ1) is 14.8. The number of rotatable bonds is 5. The summed E-state index contributed by atoms with van der Waals surface area (Å²) in [6, 6.07) is 13.8. The van der Waals surface area contributed by atoms with Gasteiger partial charge >= 0.3 is 5.97 Å². The molecule has 0 amide bonds. The molecule has 0 aliphatic carbocycles. The van der Waals surface area contributed by atoms with Crippen LogP contribution in [0.5, 0.6) is 0 Å². The van der Waals surface area contributed by atoms with E-state index in [4.69, 9.17) is 16.7 Å². The summed E-state index contributed by atoms with van der Waals surface area (Å²) in [6.45, 7) is 0. The first-order chi connectivity index (χ1) is 9.56. The van der Waals surface area contributed by atoms with Crippen LogP contribution in [-0.4, -0.2) is 15.3 Å². The Hall–Kier alpha value is -1.65. The van der Waals surface area contributed by atoms with Crippen LogP contribution < -0.4 is 0 Å². The van der Waals surface area contributed by atoms with Crippen molar-refractivity contribution in [1.29, 1.82) is 0 Å². The highest BCUT2D eigenvalue weighted by atomic mass is 35.5. The smallest absolute Gasteiger partial charge is 0.335 e. The summed E-state index contributed by atoms with van der Waals surface area (Å²) in [4.78, 5) is 10.9. The summed E-state index contributed by atoms with van der Waals surface area (Å²) >= 11 is 6.03. The lowest BCUT2D eigenvalue weighted by atomic mass is 10.1. The van der Waals surface area contributed by atoms with Crippen LogP contribution in [0, 0.1) is 0 Å². The topological polar surface area (TPSA) is 54.4 Å². The Balaban J connectivity index is 2.07. The number of carbonyl (C=O) groups is 1. The molecule has 0 spiro atoms. The van der Waals surface area contributed by atoms with E-state index in [1.54, 1.807) is 24.3 Å². The molecule has 0 fully saturated rings. The number of halogens is 1. The third-order valence-electron chi connectivity index (χ3n) is 2.78. The van der Waals surface area contributed by atoms with Crippen LogP contribution in [0.4, 0.5) is 0 Å². The van der Waals surface area contributed by atoms with Crippen LogP contribution >= 0.6 is 11.6 Å². The molecule has 1 N–H and O–H groups in total. The van der Waals surface area contributed by atoms with Crippen molar-refractivity contribution < 1.29 is 14.1 Å². The second-order valence-corrected chi connectivity index (χ2v) is 6.19. The van der Waals surface area contributed by atoms with Gasteiger partial charge in [0.1, 0.15) is 0 Å². The minimum absolute atomic E-state index is 0.206. The zero-order chi connectivity index (χ0) is 14.5. The Bertz CT molecular complexity index is 655. The fraction of sp³-hybridized carbons (Fsp3) is 0.133. The van der Waals surface area contributed by atoms with Gasteiger partial charge in [0.2, 0.25) is 0 Å². The molecule has 1 unspecified atom stereocenters. The molecule has 0 radical (unpaired) electrons. The summed E-state index contributed by atoms with van der Waals surface area (Å²) in [7, 11) is -1.13. The summed E-state index contributed by atoms with van der Waals surface area (Å²) in [5.74, 6) is -0.313. The zero-order valence-electron chi connectivity index (χ0n) is 10.6. The van der Waals surface area contributed by atoms with Gasteiger partial charge < -0.3 is 5.11 Å². The lowest BCUT2D eigenvalue weighted by Gasteiger charge is -2.05. The third-order valence-corrected chi connectivity index (χ3v) is 4.43. The molecular weight excluding hydrogens is 296 g/mol. The van der Waals surface area contributed by atoms with Gasteiger partial charge in [0.25, 0.3) is 0 Å². The summed E-state index contributed by atoms with van der Waals surface area (Å²) in [6.07, 6.45) is 0. The number of aromatic carboxylic acids is 1. The van der Waals surface area contributed by atoms with E-state index in [0.29, 0.717) is 16.5 Å². The third kappa shape index (κ3) is 3.92. The highest BCUT2D eigenvalue weighted by Gasteiger charge is 2.08. The van der Waals surface area contributed by atoms with Crippen molar-refractivity contribution in [1.82, 2.24) is 0 Å². The van der Waals surface area contributed by atoms with Crippen molar-refractivity contribution >= 4 is 28.4 Å². The Labute approximate surface area is 124 Å². The van der Waals surface area contributed by atoms with Crippen LogP contribution in [0.25, 0.3) is 0 Å². The quantitative estimate of drug-likeness (QED) is 0.920. The highest BCUT2D eigenvalue weighted by Crippen LogP contribution is 2.18. The van der Waals surface area contributed by atoms with Crippen molar-refractivity contribution in [2.45, 2.75) is 11.5 Å². The fourth-order valence-electron chi connectivity index (χ4n) is 1.82. The highest BCUT2D eigenvalue weighted by molar-refractivity contribution is 7.83. The molecule has 0 bridgehead atoms. The van der Waals surface area contributed by atoms with Crippen LogP contribution in [0.1, 0.15) is 21.5 Å². The van der Waals surface area contributed by atoms with E-state index in [-0.39, 0.29) is 5.56 Å². The number of benzene rings is 2. The van der Waals surface area contributed by atoms with E-state index in [1.807, 2.05) is 18.2 Å². The standard InChI is InChI=1S/C15H13ClO3S/c16-14-7-2-1-5-13(14)10-20(19)9-11-4-3-6-12(8-11)15(17)18/h1-8H,9-10H2,(H,17,18). The molecule has 20 heavy (non-hydrogen) atoms. The number of hydrogen-bond donors (Lipinski definition) is 1. The van der Waals surface area contributed by atoms with E-state index in [0.717, 1.165) is 11.1 Å². The van der Waals surface area contributed by atoms with Crippen LogP contribution in [0.15, 0.2) is 48.5 Å². The normalized spacial score (nSPS) is 12.1. The number of hydrogen-bond acceptors (Lipinski definition) is 2. The maximum absolute atomic E-state index is 12.1. The molecule has 1 atom stereocenters. The van der Waals surface area contributed by atoms with Crippen LogP contribution in [0.2, 0.25) is 5.02 Å². The van der Waals surface area contributed by atoms with Crippen molar-refractivity contribution in [2.24, 2.45) is 0 Å². The molecule has 0 heterocycles. The SMILES string of the molecule is O=C(O)c1cccc(CS(=O)Cc2ccccc2Cl)c1. The van der Waals surface area contributed by atoms with Gasteiger partial charge in [-0.3, -0.25) is 4.21 Å². The van der Waals surface area contributed by atoms with E-state index < -0.39 is 16.8 Å². The molecule has 3 nitrogen and oxygen atoms in total. The van der Waals surface area contributed by atoms with Gasteiger partial charge in [-0.2, -0.15) is 0 Å². The fourth-order valence-corrected chi connectivity index (χ4v) is 3.35. The lowest BCUT2D eigenvalue weighted by molar-refractivity contribution is 0.0696. The monoisotopic (exact) mass is 308 g/mol. The Morgan fingerprint density at radius 1 is 1.10 bits per heavy atom. The molecule has 2 aromatic carbocycles. The summed E-state index contributed by atoms with van der Waals surface area (Å²) in [5, 5.41) is 9.52. The lowest BCUT2D eigenvalue weighted by Crippen LogP contribution is -2.02. The Morgan fingerprint density at radius 3 is 2.55 bits per heavy atom. The van der Waals surface area contributed by atoms with Gasteiger partial charge in [0.05, 0.1) is 11.3 Å². The zero-order valence-corrected chi connectivity index (χ0v) is 12.2. The summed E-state index contributed by atoms with van der Waals surface area (Å²) < 4.78 is 12.1. The van der Waals surface area contributed by atoms with Crippen LogP contribution in [-0.2, 0) is 22.3 Å². The first-order valence-corrected chi connectivity index (χ1v) is 7.83. The molecule has 0 aliphatic rings. The van der Waals surface area contributed by atoms with Crippen molar-refractivity contribution in [2.75, 3.05) is 0 Å². The molecule has 5 heteroatoms. The molecule has 0 aromatic heterocycles. The van der Waals surface area contributed by atoms with Crippen molar-refractivity contribution in [3.05, 3.63) is 70.2 Å². The minimum Gasteiger partial charge on any atom is -0.478 e. The second kappa shape index (κ2) is 6.68. The average Bonchev–Trinajstić information content (AvgIpc) is 2.41. The van der Waals surface area contributed by atoms with Crippen molar-refractivity contribution in [3.63, 3.8) is 0 Å². The van der Waals surface area contributed by atoms with E-state index in [2.05, 4.69) is 0 Å². The molecular formula is C15H13ClO3S. The summed E-state index contributed by atoms with van der Waals surface area (Å²) in [5.41, 5.74) is 1.79. The molecule has 2 rings (SSSR count). The number of carboxylic acid groups (broad SMARTS) is 1. The predicted molar refractivity (Wildman–Crippen MR) is 80.4 cm³/mol. The van der Waals surface area contributed by atoms with Crippen LogP contribution in [0.3, 0.4) is 0 Å². The van der Waals surface area contributed by atoms with E-state index >= 15 is 0 Å². The predicted octanol–water partition coefficient (Wildman–Crippen LogP) is 3.49. The van der Waals surface area contributed by atoms with Gasteiger partial charge in [0, 0.05) is 21.6 Å². The van der Waals surface area contributed by atoms with Gasteiger partial charge in [-0.1, -0.05) is 41.9 Å². The van der Waals surface area contributed by atoms with Gasteiger partial charge in [-0.25, -0.2) is 4.79 Å². The molecule has 0 saturated heterocycles. The number of carboxylic acids is 1. The Morgan fingerprint density at radius 2 is 1.85 bits per heavy atom. The van der Waals surface area contributed by atoms with Gasteiger partial charge in [-0.05, 0) is 29.3 Å². The van der Waals surface area contributed by atoms with Crippen molar-refractivity contribution in [3.8, 4) is 0 Å². The second-order valence-electron chi connectivity index (χ2n) is 4.33. The largest absolute Gasteiger partial charge is 0.478 e. The molecule has 104 valence electrons. The Kier molecular flexibility index (Phi) is 4.93. The molecule has 0 saturated carbocycles. The minimum atomic E-state index is -1.13. The van der Waals surface area contributed by atoms with Gasteiger partial charge in [0.15, 0.2) is 0 Å². The average molecular weight is 309 g/mol. The van der Waals surface area contributed by atoms with E-state index in [1.165, 1.54) is 6.07 Å².